The number of benzene rings is 2. The first kappa shape index (κ1) is 12.1. The number of halogens is 1. The molecule has 2 aromatic rings. The van der Waals surface area contributed by atoms with E-state index >= 15 is 0 Å². The fourth-order valence-corrected chi connectivity index (χ4v) is 1.67. The molecule has 0 aliphatic heterocycles. The first-order valence-electron chi connectivity index (χ1n) is 5.29. The van der Waals surface area contributed by atoms with Crippen LogP contribution in [0.1, 0.15) is 10.4 Å². The quantitative estimate of drug-likeness (QED) is 0.904. The predicted octanol–water partition coefficient (Wildman–Crippen LogP) is 3.20. The van der Waals surface area contributed by atoms with E-state index in [0.29, 0.717) is 11.3 Å². The summed E-state index contributed by atoms with van der Waals surface area (Å²) in [6.45, 7) is 0. The van der Waals surface area contributed by atoms with E-state index in [0.717, 1.165) is 5.56 Å². The average molecular weight is 246 g/mol. The highest BCUT2D eigenvalue weighted by atomic mass is 19.1. The van der Waals surface area contributed by atoms with E-state index in [1.807, 2.05) is 0 Å². The number of aromatic carboxylic acids is 1. The zero-order valence-corrected chi connectivity index (χ0v) is 9.68. The average Bonchev–Trinajstić information content (AvgIpc) is 2.38. The van der Waals surface area contributed by atoms with E-state index < -0.39 is 11.8 Å². The second-order valence-electron chi connectivity index (χ2n) is 3.73. The lowest BCUT2D eigenvalue weighted by Gasteiger charge is -2.06. The molecule has 0 aromatic heterocycles. The van der Waals surface area contributed by atoms with Crippen LogP contribution in [0.4, 0.5) is 4.39 Å². The largest absolute Gasteiger partial charge is 0.497 e. The Morgan fingerprint density at radius 3 is 2.50 bits per heavy atom. The normalized spacial score (nSPS) is 10.1. The lowest BCUT2D eigenvalue weighted by molar-refractivity contribution is 0.0692. The van der Waals surface area contributed by atoms with E-state index in [9.17, 15) is 9.18 Å². The summed E-state index contributed by atoms with van der Waals surface area (Å²) in [5, 5.41) is 8.75. The van der Waals surface area contributed by atoms with Gasteiger partial charge in [0.15, 0.2) is 0 Å². The maximum atomic E-state index is 13.6. The summed E-state index contributed by atoms with van der Waals surface area (Å²) in [6.07, 6.45) is 0. The van der Waals surface area contributed by atoms with Gasteiger partial charge in [-0.25, -0.2) is 9.18 Å². The smallest absolute Gasteiger partial charge is 0.338 e. The van der Waals surface area contributed by atoms with Crippen LogP contribution in [-0.4, -0.2) is 18.2 Å². The molecule has 0 aliphatic rings. The Balaban J connectivity index is 2.45. The summed E-state index contributed by atoms with van der Waals surface area (Å²) in [5.74, 6) is -1.36. The topological polar surface area (TPSA) is 46.5 Å². The molecule has 2 rings (SSSR count). The van der Waals surface area contributed by atoms with Crippen molar-refractivity contribution in [1.29, 1.82) is 0 Å². The van der Waals surface area contributed by atoms with Crippen LogP contribution < -0.4 is 4.74 Å². The third kappa shape index (κ3) is 2.32. The molecule has 0 amide bonds. The summed E-state index contributed by atoms with van der Waals surface area (Å²) in [4.78, 5) is 10.7. The van der Waals surface area contributed by atoms with Crippen LogP contribution >= 0.6 is 0 Å². The standard InChI is InChI=1S/C14H11FO3/c1-18-11-4-2-3-9(7-11)10-5-6-12(14(16)17)13(15)8-10/h2-8H,1H3,(H,16,17). The molecule has 2 aromatic carbocycles. The number of carboxylic acid groups (broad SMARTS) is 1. The van der Waals surface area contributed by atoms with Crippen molar-refractivity contribution in [3.63, 3.8) is 0 Å². The van der Waals surface area contributed by atoms with Crippen LogP contribution in [-0.2, 0) is 0 Å². The van der Waals surface area contributed by atoms with Gasteiger partial charge >= 0.3 is 5.97 Å². The molecule has 1 N–H and O–H groups in total. The van der Waals surface area contributed by atoms with Gasteiger partial charge in [0.1, 0.15) is 11.6 Å². The molecule has 0 saturated heterocycles. The monoisotopic (exact) mass is 246 g/mol. The van der Waals surface area contributed by atoms with Crippen LogP contribution in [0.3, 0.4) is 0 Å². The van der Waals surface area contributed by atoms with E-state index in [1.165, 1.54) is 12.1 Å². The molecule has 4 heteroatoms. The van der Waals surface area contributed by atoms with Crippen LogP contribution in [0, 0.1) is 5.82 Å². The maximum Gasteiger partial charge on any atom is 0.338 e. The molecule has 92 valence electrons. The Hall–Kier alpha value is -2.36. The minimum atomic E-state index is -1.27. The van der Waals surface area contributed by atoms with Crippen LogP contribution in [0.25, 0.3) is 11.1 Å². The van der Waals surface area contributed by atoms with Crippen molar-refractivity contribution in [3.05, 3.63) is 53.8 Å². The lowest BCUT2D eigenvalue weighted by atomic mass is 10.0. The molecule has 0 radical (unpaired) electrons. The lowest BCUT2D eigenvalue weighted by Crippen LogP contribution is -2.00. The van der Waals surface area contributed by atoms with Crippen LogP contribution in [0.5, 0.6) is 5.75 Å². The maximum absolute atomic E-state index is 13.6. The second kappa shape index (κ2) is 4.87. The van der Waals surface area contributed by atoms with Crippen molar-refractivity contribution in [2.24, 2.45) is 0 Å². The van der Waals surface area contributed by atoms with Crippen LogP contribution in [0.2, 0.25) is 0 Å². The summed E-state index contributed by atoms with van der Waals surface area (Å²) in [7, 11) is 1.55. The minimum absolute atomic E-state index is 0.332. The number of hydrogen-bond acceptors (Lipinski definition) is 2. The Morgan fingerprint density at radius 1 is 1.17 bits per heavy atom. The molecule has 3 nitrogen and oxygen atoms in total. The molecule has 0 saturated carbocycles. The van der Waals surface area contributed by atoms with Gasteiger partial charge in [0.25, 0.3) is 0 Å². The first-order valence-corrected chi connectivity index (χ1v) is 5.29. The predicted molar refractivity (Wildman–Crippen MR) is 65.3 cm³/mol. The van der Waals surface area contributed by atoms with E-state index in [4.69, 9.17) is 9.84 Å². The molecule has 0 heterocycles. The summed E-state index contributed by atoms with van der Waals surface area (Å²) in [6, 6.07) is 11.2. The van der Waals surface area contributed by atoms with Gasteiger partial charge in [0.2, 0.25) is 0 Å². The Labute approximate surface area is 103 Å². The molecule has 0 bridgehead atoms. The molecule has 0 unspecified atom stereocenters. The number of rotatable bonds is 3. The van der Waals surface area contributed by atoms with Crippen molar-refractivity contribution in [3.8, 4) is 16.9 Å². The van der Waals surface area contributed by atoms with Crippen LogP contribution in [0.15, 0.2) is 42.5 Å². The van der Waals surface area contributed by atoms with Crippen molar-refractivity contribution in [2.75, 3.05) is 7.11 Å². The van der Waals surface area contributed by atoms with Crippen molar-refractivity contribution >= 4 is 5.97 Å². The summed E-state index contributed by atoms with van der Waals surface area (Å²) < 4.78 is 18.6. The summed E-state index contributed by atoms with van der Waals surface area (Å²) >= 11 is 0. The van der Waals surface area contributed by atoms with Gasteiger partial charge in [-0.05, 0) is 35.4 Å². The SMILES string of the molecule is COc1cccc(-c2ccc(C(=O)O)c(F)c2)c1. The molecular formula is C14H11FO3. The molecular weight excluding hydrogens is 235 g/mol. The van der Waals surface area contributed by atoms with Gasteiger partial charge in [0.05, 0.1) is 12.7 Å². The first-order chi connectivity index (χ1) is 8.61. The zero-order chi connectivity index (χ0) is 13.1. The molecule has 0 atom stereocenters. The highest BCUT2D eigenvalue weighted by molar-refractivity contribution is 5.88. The van der Waals surface area contributed by atoms with Gasteiger partial charge in [0, 0.05) is 0 Å². The Kier molecular flexibility index (Phi) is 3.28. The van der Waals surface area contributed by atoms with Crippen molar-refractivity contribution in [1.82, 2.24) is 0 Å². The number of carbonyl (C=O) groups is 1. The third-order valence-corrected chi connectivity index (χ3v) is 2.60. The highest BCUT2D eigenvalue weighted by Gasteiger charge is 2.11. The number of methoxy groups -OCH3 is 1. The second-order valence-corrected chi connectivity index (χ2v) is 3.73. The van der Waals surface area contributed by atoms with E-state index in [-0.39, 0.29) is 5.56 Å². The van der Waals surface area contributed by atoms with Gasteiger partial charge in [-0.15, -0.1) is 0 Å². The molecule has 18 heavy (non-hydrogen) atoms. The van der Waals surface area contributed by atoms with Gasteiger partial charge in [-0.3, -0.25) is 0 Å². The number of ether oxygens (including phenoxy) is 1. The minimum Gasteiger partial charge on any atom is -0.497 e. The fourth-order valence-electron chi connectivity index (χ4n) is 1.67. The number of carboxylic acids is 1. The van der Waals surface area contributed by atoms with Crippen molar-refractivity contribution < 1.29 is 19.0 Å². The molecule has 0 fully saturated rings. The van der Waals surface area contributed by atoms with Crippen molar-refractivity contribution in [2.45, 2.75) is 0 Å². The number of hydrogen-bond donors (Lipinski definition) is 1. The zero-order valence-electron chi connectivity index (χ0n) is 9.68. The molecule has 0 spiro atoms. The highest BCUT2D eigenvalue weighted by Crippen LogP contribution is 2.25. The van der Waals surface area contributed by atoms with E-state index in [2.05, 4.69) is 0 Å². The van der Waals surface area contributed by atoms with E-state index in [1.54, 1.807) is 37.4 Å². The third-order valence-electron chi connectivity index (χ3n) is 2.60. The van der Waals surface area contributed by atoms with Gasteiger partial charge in [-0.1, -0.05) is 18.2 Å². The molecule has 0 aliphatic carbocycles. The van der Waals surface area contributed by atoms with Gasteiger partial charge in [-0.2, -0.15) is 0 Å². The fraction of sp³-hybridized carbons (Fsp3) is 0.0714. The Bertz CT molecular complexity index is 593. The summed E-state index contributed by atoms with van der Waals surface area (Å²) in [5.41, 5.74) is 1.04. The Morgan fingerprint density at radius 2 is 1.89 bits per heavy atom. The van der Waals surface area contributed by atoms with Gasteiger partial charge < -0.3 is 9.84 Å².